The molecule has 1 amide bonds. The highest BCUT2D eigenvalue weighted by Crippen LogP contribution is 2.33. The van der Waals surface area contributed by atoms with Crippen LogP contribution in [0.1, 0.15) is 15.9 Å². The third kappa shape index (κ3) is 6.29. The summed E-state index contributed by atoms with van der Waals surface area (Å²) in [6.07, 6.45) is 0.510. The highest BCUT2D eigenvalue weighted by molar-refractivity contribution is 7.89. The van der Waals surface area contributed by atoms with Crippen LogP contribution in [0.4, 0.5) is 5.69 Å². The highest BCUT2D eigenvalue weighted by Gasteiger charge is 2.27. The molecule has 10 heteroatoms. The van der Waals surface area contributed by atoms with E-state index in [-0.39, 0.29) is 10.8 Å². The number of sulfonamides is 1. The van der Waals surface area contributed by atoms with Crippen LogP contribution in [0.25, 0.3) is 0 Å². The molecular weight excluding hydrogens is 518 g/mol. The largest absolute Gasteiger partial charge is 0.495 e. The first-order chi connectivity index (χ1) is 18.8. The predicted octanol–water partition coefficient (Wildman–Crippen LogP) is 3.54. The molecular formula is C29H35N3O6S. The lowest BCUT2D eigenvalue weighted by atomic mass is 10.1. The van der Waals surface area contributed by atoms with Crippen molar-refractivity contribution >= 4 is 21.6 Å². The lowest BCUT2D eigenvalue weighted by Gasteiger charge is -2.37. The number of hydrogen-bond donors (Lipinski definition) is 0. The van der Waals surface area contributed by atoms with Crippen LogP contribution in [0.15, 0.2) is 71.6 Å². The van der Waals surface area contributed by atoms with Crippen molar-refractivity contribution in [3.8, 4) is 17.2 Å². The van der Waals surface area contributed by atoms with Crippen molar-refractivity contribution in [1.82, 2.24) is 9.21 Å². The zero-order valence-corrected chi connectivity index (χ0v) is 23.6. The Hall–Kier alpha value is -3.76. The van der Waals surface area contributed by atoms with E-state index >= 15 is 0 Å². The van der Waals surface area contributed by atoms with E-state index in [2.05, 4.69) is 4.90 Å². The Labute approximate surface area is 230 Å². The molecule has 0 bridgehead atoms. The molecule has 1 heterocycles. The Bertz CT molecular complexity index is 1390. The third-order valence-electron chi connectivity index (χ3n) is 6.95. The number of methoxy groups -OCH3 is 3. The number of rotatable bonds is 10. The van der Waals surface area contributed by atoms with Gasteiger partial charge in [-0.3, -0.25) is 4.79 Å². The van der Waals surface area contributed by atoms with E-state index in [1.807, 2.05) is 53.4 Å². The van der Waals surface area contributed by atoms with E-state index in [4.69, 9.17) is 14.2 Å². The standard InChI is InChI=1S/C29H35N3O6S/c1-30(15-14-22-10-12-27(37-3)28(20-22)38-4)39(34,35)24-11-13-26(36-2)25(21-24)31-16-18-32(19-17-31)29(33)23-8-6-5-7-9-23/h5-13,20-21H,14-19H2,1-4H3. The van der Waals surface area contributed by atoms with E-state index in [1.54, 1.807) is 46.6 Å². The fourth-order valence-corrected chi connectivity index (χ4v) is 5.81. The van der Waals surface area contributed by atoms with Crippen LogP contribution < -0.4 is 19.1 Å². The van der Waals surface area contributed by atoms with Crippen molar-refractivity contribution < 1.29 is 27.4 Å². The molecule has 0 radical (unpaired) electrons. The van der Waals surface area contributed by atoms with Crippen LogP contribution in [0.3, 0.4) is 0 Å². The summed E-state index contributed by atoms with van der Waals surface area (Å²) in [5, 5.41) is 0. The van der Waals surface area contributed by atoms with Crippen LogP contribution in [0.5, 0.6) is 17.2 Å². The van der Waals surface area contributed by atoms with Gasteiger partial charge in [-0.2, -0.15) is 0 Å². The lowest BCUT2D eigenvalue weighted by molar-refractivity contribution is 0.0746. The van der Waals surface area contributed by atoms with E-state index in [0.717, 1.165) is 5.56 Å². The van der Waals surface area contributed by atoms with Crippen molar-refractivity contribution in [2.24, 2.45) is 0 Å². The van der Waals surface area contributed by atoms with Crippen molar-refractivity contribution in [1.29, 1.82) is 0 Å². The molecule has 9 nitrogen and oxygen atoms in total. The van der Waals surface area contributed by atoms with Gasteiger partial charge in [-0.15, -0.1) is 0 Å². The Morgan fingerprint density at radius 3 is 2.10 bits per heavy atom. The third-order valence-corrected chi connectivity index (χ3v) is 8.80. The molecule has 0 aromatic heterocycles. The Morgan fingerprint density at radius 2 is 1.46 bits per heavy atom. The molecule has 1 fully saturated rings. The van der Waals surface area contributed by atoms with Gasteiger partial charge in [0.15, 0.2) is 11.5 Å². The summed E-state index contributed by atoms with van der Waals surface area (Å²) < 4.78 is 44.5. The molecule has 208 valence electrons. The zero-order chi connectivity index (χ0) is 28.0. The summed E-state index contributed by atoms with van der Waals surface area (Å²) >= 11 is 0. The summed E-state index contributed by atoms with van der Waals surface area (Å²) in [4.78, 5) is 16.9. The monoisotopic (exact) mass is 553 g/mol. The summed E-state index contributed by atoms with van der Waals surface area (Å²) in [5.41, 5.74) is 2.29. The normalized spacial score (nSPS) is 13.9. The van der Waals surface area contributed by atoms with Gasteiger partial charge in [-0.25, -0.2) is 12.7 Å². The molecule has 0 saturated carbocycles. The molecule has 0 unspecified atom stereocenters. The topological polar surface area (TPSA) is 88.6 Å². The van der Waals surface area contributed by atoms with Crippen LogP contribution in [0, 0.1) is 0 Å². The number of amides is 1. The molecule has 1 aliphatic heterocycles. The molecule has 39 heavy (non-hydrogen) atoms. The zero-order valence-electron chi connectivity index (χ0n) is 22.8. The van der Waals surface area contributed by atoms with Gasteiger partial charge in [0.2, 0.25) is 10.0 Å². The molecule has 3 aromatic rings. The van der Waals surface area contributed by atoms with Gasteiger partial charge in [0.05, 0.1) is 31.9 Å². The van der Waals surface area contributed by atoms with Gasteiger partial charge in [-0.05, 0) is 54.4 Å². The molecule has 0 aliphatic carbocycles. The van der Waals surface area contributed by atoms with Gasteiger partial charge in [-0.1, -0.05) is 24.3 Å². The van der Waals surface area contributed by atoms with Gasteiger partial charge in [0.1, 0.15) is 5.75 Å². The first kappa shape index (κ1) is 28.3. The van der Waals surface area contributed by atoms with Crippen LogP contribution in [0.2, 0.25) is 0 Å². The number of carbonyl (C=O) groups excluding carboxylic acids is 1. The average Bonchev–Trinajstić information content (AvgIpc) is 2.99. The number of carbonyl (C=O) groups is 1. The number of benzene rings is 3. The smallest absolute Gasteiger partial charge is 0.253 e. The Kier molecular flexibility index (Phi) is 8.98. The van der Waals surface area contributed by atoms with E-state index in [9.17, 15) is 13.2 Å². The van der Waals surface area contributed by atoms with E-state index in [0.29, 0.717) is 67.6 Å². The van der Waals surface area contributed by atoms with Crippen LogP contribution >= 0.6 is 0 Å². The van der Waals surface area contributed by atoms with E-state index < -0.39 is 10.0 Å². The minimum absolute atomic E-state index is 0.00496. The number of piperazine rings is 1. The summed E-state index contributed by atoms with van der Waals surface area (Å²) in [6, 6.07) is 19.7. The summed E-state index contributed by atoms with van der Waals surface area (Å²) in [7, 11) is 2.54. The van der Waals surface area contributed by atoms with Gasteiger partial charge in [0.25, 0.3) is 5.91 Å². The fourth-order valence-electron chi connectivity index (χ4n) is 4.61. The second-order valence-corrected chi connectivity index (χ2v) is 11.3. The number of ether oxygens (including phenoxy) is 3. The highest BCUT2D eigenvalue weighted by atomic mass is 32.2. The Morgan fingerprint density at radius 1 is 0.821 bits per heavy atom. The number of hydrogen-bond acceptors (Lipinski definition) is 7. The van der Waals surface area contributed by atoms with Gasteiger partial charge >= 0.3 is 0 Å². The summed E-state index contributed by atoms with van der Waals surface area (Å²) in [6.45, 7) is 2.47. The second-order valence-electron chi connectivity index (χ2n) is 9.24. The molecule has 0 atom stereocenters. The van der Waals surface area contributed by atoms with Crippen molar-refractivity contribution in [2.75, 3.05) is 66.0 Å². The van der Waals surface area contributed by atoms with E-state index in [1.165, 1.54) is 4.31 Å². The van der Waals surface area contributed by atoms with Gasteiger partial charge in [0, 0.05) is 45.3 Å². The minimum atomic E-state index is -3.75. The number of likely N-dealkylation sites (N-methyl/N-ethyl adjacent to an activating group) is 1. The number of nitrogens with zero attached hydrogens (tertiary/aromatic N) is 3. The maximum absolute atomic E-state index is 13.5. The molecule has 0 spiro atoms. The quantitative estimate of drug-likeness (QED) is 0.380. The molecule has 0 N–H and O–H groups in total. The fraction of sp³-hybridized carbons (Fsp3) is 0.345. The van der Waals surface area contributed by atoms with Crippen molar-refractivity contribution in [3.05, 3.63) is 77.9 Å². The minimum Gasteiger partial charge on any atom is -0.495 e. The van der Waals surface area contributed by atoms with Crippen molar-refractivity contribution in [2.45, 2.75) is 11.3 Å². The SMILES string of the molecule is COc1ccc(CCN(C)S(=O)(=O)c2ccc(OC)c(N3CCN(C(=O)c4ccccc4)CC3)c2)cc1OC. The summed E-state index contributed by atoms with van der Waals surface area (Å²) in [5.74, 6) is 1.81. The predicted molar refractivity (Wildman–Crippen MR) is 151 cm³/mol. The first-order valence-corrected chi connectivity index (χ1v) is 14.2. The molecule has 3 aromatic carbocycles. The lowest BCUT2D eigenvalue weighted by Crippen LogP contribution is -2.49. The first-order valence-electron chi connectivity index (χ1n) is 12.7. The second kappa shape index (κ2) is 12.4. The van der Waals surface area contributed by atoms with Crippen molar-refractivity contribution in [3.63, 3.8) is 0 Å². The maximum Gasteiger partial charge on any atom is 0.253 e. The molecule has 4 rings (SSSR count). The van der Waals surface area contributed by atoms with Gasteiger partial charge < -0.3 is 24.0 Å². The number of anilines is 1. The molecule has 1 saturated heterocycles. The van der Waals surface area contributed by atoms with Crippen LogP contribution in [-0.4, -0.2) is 84.6 Å². The van der Waals surface area contributed by atoms with Crippen LogP contribution in [-0.2, 0) is 16.4 Å². The maximum atomic E-state index is 13.5. The Balaban J connectivity index is 1.46. The molecule has 1 aliphatic rings. The average molecular weight is 554 g/mol.